The van der Waals surface area contributed by atoms with Crippen LogP contribution in [-0.4, -0.2) is 50.8 Å². The Balaban J connectivity index is 1.98. The van der Waals surface area contributed by atoms with Crippen LogP contribution >= 0.6 is 0 Å². The fourth-order valence-electron chi connectivity index (χ4n) is 2.13. The summed E-state index contributed by atoms with van der Waals surface area (Å²) >= 11 is 0. The summed E-state index contributed by atoms with van der Waals surface area (Å²) in [6, 6.07) is 0. The summed E-state index contributed by atoms with van der Waals surface area (Å²) in [5.74, 6) is 0. The molecule has 4 nitrogen and oxygen atoms in total. The fourth-order valence-corrected chi connectivity index (χ4v) is 2.13. The van der Waals surface area contributed by atoms with E-state index in [9.17, 15) is 0 Å². The van der Waals surface area contributed by atoms with E-state index in [1.54, 1.807) is 12.2 Å². The van der Waals surface area contributed by atoms with E-state index in [0.29, 0.717) is 26.4 Å². The molecule has 4 heteroatoms. The predicted molar refractivity (Wildman–Crippen MR) is 59.4 cm³/mol. The van der Waals surface area contributed by atoms with Crippen molar-refractivity contribution in [1.82, 2.24) is 0 Å². The molecule has 2 rings (SSSR count). The maximum atomic E-state index is 5.77. The molecule has 0 aromatic carbocycles. The summed E-state index contributed by atoms with van der Waals surface area (Å²) < 4.78 is 22.6. The molecule has 2 heterocycles. The minimum Gasteiger partial charge on any atom is -0.376 e. The molecule has 2 aliphatic rings. The molecule has 0 radical (unpaired) electrons. The van der Waals surface area contributed by atoms with Gasteiger partial charge in [0.15, 0.2) is 0 Å². The second-order valence-electron chi connectivity index (χ2n) is 3.92. The van der Waals surface area contributed by atoms with Crippen LogP contribution in [0.4, 0.5) is 0 Å². The molecule has 4 atom stereocenters. The SMILES string of the molecule is C=CCO[C@H]1[C@H](OCC=C)[C@H]2COC[C@@H]1O2. The van der Waals surface area contributed by atoms with Crippen molar-refractivity contribution in [3.63, 3.8) is 0 Å². The lowest BCUT2D eigenvalue weighted by atomic mass is 10.1. The molecule has 2 fully saturated rings. The smallest absolute Gasteiger partial charge is 0.115 e. The monoisotopic (exact) mass is 226 g/mol. The highest BCUT2D eigenvalue weighted by Gasteiger charge is 2.48. The molecule has 16 heavy (non-hydrogen) atoms. The zero-order chi connectivity index (χ0) is 11.4. The predicted octanol–water partition coefficient (Wildman–Crippen LogP) is 0.926. The lowest BCUT2D eigenvalue weighted by Crippen LogP contribution is -2.37. The Morgan fingerprint density at radius 3 is 1.94 bits per heavy atom. The minimum absolute atomic E-state index is 0.0199. The van der Waals surface area contributed by atoms with Crippen molar-refractivity contribution in [3.05, 3.63) is 25.3 Å². The molecule has 0 N–H and O–H groups in total. The van der Waals surface area contributed by atoms with Gasteiger partial charge in [0, 0.05) is 0 Å². The van der Waals surface area contributed by atoms with E-state index in [1.165, 1.54) is 0 Å². The molecule has 2 bridgehead atoms. The zero-order valence-electron chi connectivity index (χ0n) is 9.34. The van der Waals surface area contributed by atoms with Gasteiger partial charge < -0.3 is 18.9 Å². The van der Waals surface area contributed by atoms with Crippen molar-refractivity contribution in [3.8, 4) is 0 Å². The Morgan fingerprint density at radius 2 is 1.50 bits per heavy atom. The number of ether oxygens (including phenoxy) is 4. The van der Waals surface area contributed by atoms with Gasteiger partial charge in [-0.15, -0.1) is 13.2 Å². The first-order valence-corrected chi connectivity index (χ1v) is 5.55. The Kier molecular flexibility index (Phi) is 4.12. The van der Waals surface area contributed by atoms with E-state index < -0.39 is 0 Å². The van der Waals surface area contributed by atoms with Gasteiger partial charge in [-0.2, -0.15) is 0 Å². The largest absolute Gasteiger partial charge is 0.376 e. The highest BCUT2D eigenvalue weighted by atomic mass is 16.6. The average Bonchev–Trinajstić information content (AvgIpc) is 2.55. The van der Waals surface area contributed by atoms with Crippen molar-refractivity contribution in [2.24, 2.45) is 0 Å². The Labute approximate surface area is 95.8 Å². The lowest BCUT2D eigenvalue weighted by molar-refractivity contribution is -0.122. The maximum Gasteiger partial charge on any atom is 0.115 e. The van der Waals surface area contributed by atoms with Crippen LogP contribution in [0.2, 0.25) is 0 Å². The fraction of sp³-hybridized carbons (Fsp3) is 0.667. The second kappa shape index (κ2) is 5.59. The van der Waals surface area contributed by atoms with E-state index in [1.807, 2.05) is 0 Å². The molecule has 0 saturated carbocycles. The van der Waals surface area contributed by atoms with Gasteiger partial charge in [-0.1, -0.05) is 12.2 Å². The standard InChI is InChI=1S/C12H18O4/c1-3-5-14-11-9-7-13-8-10(16-9)12(11)15-6-4-2/h3-4,9-12H,1-2,5-8H2/t9-,10+,11-,12-/m1/s1. The number of rotatable bonds is 6. The van der Waals surface area contributed by atoms with Crippen molar-refractivity contribution in [1.29, 1.82) is 0 Å². The number of hydrogen-bond acceptors (Lipinski definition) is 4. The number of fused-ring (bicyclic) bond motifs is 2. The molecular formula is C12H18O4. The summed E-state index contributed by atoms with van der Waals surface area (Å²) in [4.78, 5) is 0. The van der Waals surface area contributed by atoms with Crippen LogP contribution < -0.4 is 0 Å². The first-order valence-electron chi connectivity index (χ1n) is 5.55. The van der Waals surface area contributed by atoms with Gasteiger partial charge in [0.25, 0.3) is 0 Å². The van der Waals surface area contributed by atoms with Crippen LogP contribution in [0.25, 0.3) is 0 Å². The van der Waals surface area contributed by atoms with Gasteiger partial charge in [0.1, 0.15) is 24.4 Å². The number of hydrogen-bond donors (Lipinski definition) is 0. The Hall–Kier alpha value is -0.680. The Bertz CT molecular complexity index is 229. The maximum absolute atomic E-state index is 5.77. The molecule has 0 unspecified atom stereocenters. The summed E-state index contributed by atoms with van der Waals surface area (Å²) in [6.45, 7) is 9.44. The van der Waals surface area contributed by atoms with Crippen LogP contribution in [0.3, 0.4) is 0 Å². The molecule has 0 aromatic heterocycles. The van der Waals surface area contributed by atoms with Crippen LogP contribution in [0.1, 0.15) is 0 Å². The van der Waals surface area contributed by atoms with Crippen molar-refractivity contribution in [2.75, 3.05) is 26.4 Å². The third-order valence-corrected chi connectivity index (χ3v) is 2.78. The zero-order valence-corrected chi connectivity index (χ0v) is 9.34. The summed E-state index contributed by atoms with van der Waals surface area (Å²) in [5.41, 5.74) is 0. The van der Waals surface area contributed by atoms with Gasteiger partial charge >= 0.3 is 0 Å². The summed E-state index contributed by atoms with van der Waals surface area (Å²) in [7, 11) is 0. The molecule has 0 spiro atoms. The highest BCUT2D eigenvalue weighted by molar-refractivity contribution is 4.96. The van der Waals surface area contributed by atoms with Gasteiger partial charge in [0.05, 0.1) is 26.4 Å². The van der Waals surface area contributed by atoms with E-state index in [2.05, 4.69) is 13.2 Å². The molecule has 0 aromatic rings. The van der Waals surface area contributed by atoms with Gasteiger partial charge in [-0.25, -0.2) is 0 Å². The van der Waals surface area contributed by atoms with Crippen molar-refractivity contribution >= 4 is 0 Å². The lowest BCUT2D eigenvalue weighted by Gasteiger charge is -2.21. The van der Waals surface area contributed by atoms with Crippen LogP contribution in [0, 0.1) is 0 Å². The van der Waals surface area contributed by atoms with Gasteiger partial charge in [-0.3, -0.25) is 0 Å². The third kappa shape index (κ3) is 2.35. The normalized spacial score (nSPS) is 37.2. The molecule has 0 aliphatic carbocycles. The van der Waals surface area contributed by atoms with E-state index in [4.69, 9.17) is 18.9 Å². The minimum atomic E-state index is -0.0644. The van der Waals surface area contributed by atoms with Crippen LogP contribution in [0.5, 0.6) is 0 Å². The van der Waals surface area contributed by atoms with Gasteiger partial charge in [-0.05, 0) is 0 Å². The molecular weight excluding hydrogens is 208 g/mol. The average molecular weight is 226 g/mol. The third-order valence-electron chi connectivity index (χ3n) is 2.78. The first kappa shape index (κ1) is 11.8. The van der Waals surface area contributed by atoms with Crippen molar-refractivity contribution in [2.45, 2.75) is 24.4 Å². The summed E-state index contributed by atoms with van der Waals surface area (Å²) in [6.07, 6.45) is 3.29. The topological polar surface area (TPSA) is 36.9 Å². The van der Waals surface area contributed by atoms with Crippen molar-refractivity contribution < 1.29 is 18.9 Å². The van der Waals surface area contributed by atoms with Crippen LogP contribution in [-0.2, 0) is 18.9 Å². The quantitative estimate of drug-likeness (QED) is 0.631. The van der Waals surface area contributed by atoms with Gasteiger partial charge in [0.2, 0.25) is 0 Å². The first-order chi connectivity index (χ1) is 7.86. The second-order valence-corrected chi connectivity index (χ2v) is 3.92. The van der Waals surface area contributed by atoms with E-state index >= 15 is 0 Å². The molecule has 2 aliphatic heterocycles. The van der Waals surface area contributed by atoms with E-state index in [0.717, 1.165) is 0 Å². The Morgan fingerprint density at radius 1 is 1.00 bits per heavy atom. The van der Waals surface area contributed by atoms with E-state index in [-0.39, 0.29) is 24.4 Å². The van der Waals surface area contributed by atoms with Crippen LogP contribution in [0.15, 0.2) is 25.3 Å². The molecule has 90 valence electrons. The summed E-state index contributed by atoms with van der Waals surface area (Å²) in [5, 5.41) is 0. The molecule has 0 amide bonds. The molecule has 2 saturated heterocycles. The highest BCUT2D eigenvalue weighted by Crippen LogP contribution is 2.30.